The van der Waals surface area contributed by atoms with Gasteiger partial charge < -0.3 is 10.4 Å². The van der Waals surface area contributed by atoms with E-state index in [4.69, 9.17) is 0 Å². The number of halogens is 1. The largest absolute Gasteiger partial charge is 0.507 e. The van der Waals surface area contributed by atoms with Gasteiger partial charge in [0.15, 0.2) is 0 Å². The van der Waals surface area contributed by atoms with E-state index in [1.807, 2.05) is 0 Å². The lowest BCUT2D eigenvalue weighted by atomic mass is 9.87. The van der Waals surface area contributed by atoms with Crippen molar-refractivity contribution in [2.45, 2.75) is 38.6 Å². The number of nitrogens with one attached hydrogen (secondary N) is 1. The fraction of sp³-hybridized carbons (Fsp3) is 0.500. The van der Waals surface area contributed by atoms with E-state index in [2.05, 4.69) is 28.2 Å². The minimum atomic E-state index is -0.187. The molecule has 1 amide bonds. The summed E-state index contributed by atoms with van der Waals surface area (Å²) in [5.41, 5.74) is 0.336. The molecule has 0 aromatic heterocycles. The summed E-state index contributed by atoms with van der Waals surface area (Å²) in [6, 6.07) is 5.13. The van der Waals surface area contributed by atoms with Crippen LogP contribution in [-0.4, -0.2) is 17.1 Å². The zero-order chi connectivity index (χ0) is 13.1. The number of amides is 1. The Labute approximate surface area is 116 Å². The molecule has 1 aromatic rings. The quantitative estimate of drug-likeness (QED) is 0.878. The Morgan fingerprint density at radius 1 is 1.44 bits per heavy atom. The highest BCUT2D eigenvalue weighted by Crippen LogP contribution is 2.25. The minimum absolute atomic E-state index is 0.0274. The molecule has 1 fully saturated rings. The third kappa shape index (κ3) is 3.25. The van der Waals surface area contributed by atoms with Gasteiger partial charge in [0.05, 0.1) is 5.56 Å². The standard InChI is InChI=1S/C14H18BrNO2/c1-9-3-2-4-11(7-9)16-14(18)12-8-10(15)5-6-13(12)17/h5-6,8-9,11,17H,2-4,7H2,1H3,(H,16,18). The van der Waals surface area contributed by atoms with Crippen LogP contribution in [0.5, 0.6) is 5.75 Å². The van der Waals surface area contributed by atoms with Gasteiger partial charge >= 0.3 is 0 Å². The summed E-state index contributed by atoms with van der Waals surface area (Å²) >= 11 is 3.31. The highest BCUT2D eigenvalue weighted by atomic mass is 79.9. The summed E-state index contributed by atoms with van der Waals surface area (Å²) in [5, 5.41) is 12.7. The second-order valence-corrected chi connectivity index (χ2v) is 6.02. The molecule has 3 nitrogen and oxygen atoms in total. The minimum Gasteiger partial charge on any atom is -0.507 e. The Hall–Kier alpha value is -1.03. The molecule has 0 radical (unpaired) electrons. The highest BCUT2D eigenvalue weighted by Gasteiger charge is 2.22. The Morgan fingerprint density at radius 2 is 2.22 bits per heavy atom. The van der Waals surface area contributed by atoms with Crippen molar-refractivity contribution in [3.8, 4) is 5.75 Å². The van der Waals surface area contributed by atoms with Gasteiger partial charge in [-0.15, -0.1) is 0 Å². The van der Waals surface area contributed by atoms with Gasteiger partial charge in [0, 0.05) is 10.5 Å². The average molecular weight is 312 g/mol. The number of phenolic OH excluding ortho intramolecular Hbond substituents is 1. The van der Waals surface area contributed by atoms with Crippen LogP contribution in [0.4, 0.5) is 0 Å². The molecule has 4 heteroatoms. The maximum Gasteiger partial charge on any atom is 0.255 e. The Kier molecular flexibility index (Phi) is 4.27. The van der Waals surface area contributed by atoms with E-state index in [0.29, 0.717) is 11.5 Å². The number of aromatic hydroxyl groups is 1. The maximum atomic E-state index is 12.1. The van der Waals surface area contributed by atoms with Crippen molar-refractivity contribution < 1.29 is 9.90 Å². The van der Waals surface area contributed by atoms with Crippen LogP contribution in [-0.2, 0) is 0 Å². The van der Waals surface area contributed by atoms with Crippen molar-refractivity contribution in [2.24, 2.45) is 5.92 Å². The maximum absolute atomic E-state index is 12.1. The van der Waals surface area contributed by atoms with Crippen LogP contribution >= 0.6 is 15.9 Å². The molecular weight excluding hydrogens is 294 g/mol. The molecule has 1 aromatic carbocycles. The summed E-state index contributed by atoms with van der Waals surface area (Å²) in [6.45, 7) is 2.22. The van der Waals surface area contributed by atoms with Crippen LogP contribution in [0, 0.1) is 5.92 Å². The molecule has 0 heterocycles. The summed E-state index contributed by atoms with van der Waals surface area (Å²) < 4.78 is 0.794. The van der Waals surface area contributed by atoms with Crippen LogP contribution in [0.3, 0.4) is 0 Å². The van der Waals surface area contributed by atoms with E-state index in [1.54, 1.807) is 12.1 Å². The predicted molar refractivity (Wildman–Crippen MR) is 74.7 cm³/mol. The summed E-state index contributed by atoms with van der Waals surface area (Å²) in [5.74, 6) is 0.507. The zero-order valence-corrected chi connectivity index (χ0v) is 12.0. The van der Waals surface area contributed by atoms with Gasteiger partial charge in [0.2, 0.25) is 0 Å². The summed E-state index contributed by atoms with van der Waals surface area (Å²) in [4.78, 5) is 12.1. The molecule has 0 aliphatic heterocycles. The number of phenols is 1. The highest BCUT2D eigenvalue weighted by molar-refractivity contribution is 9.10. The molecule has 2 atom stereocenters. The second-order valence-electron chi connectivity index (χ2n) is 5.10. The van der Waals surface area contributed by atoms with Crippen molar-refractivity contribution in [3.63, 3.8) is 0 Å². The first-order valence-corrected chi connectivity index (χ1v) is 7.15. The molecule has 0 bridgehead atoms. The lowest BCUT2D eigenvalue weighted by molar-refractivity contribution is 0.0918. The normalized spacial score (nSPS) is 23.7. The fourth-order valence-electron chi connectivity index (χ4n) is 2.52. The van der Waals surface area contributed by atoms with Gasteiger partial charge in [0.1, 0.15) is 5.75 Å². The number of hydrogen-bond donors (Lipinski definition) is 2. The Bertz CT molecular complexity index is 447. The number of benzene rings is 1. The van der Waals surface area contributed by atoms with E-state index >= 15 is 0 Å². The topological polar surface area (TPSA) is 49.3 Å². The number of rotatable bonds is 2. The average Bonchev–Trinajstić information content (AvgIpc) is 2.32. The third-order valence-electron chi connectivity index (χ3n) is 3.47. The van der Waals surface area contributed by atoms with Gasteiger partial charge in [-0.2, -0.15) is 0 Å². The van der Waals surface area contributed by atoms with Gasteiger partial charge in [0.25, 0.3) is 5.91 Å². The SMILES string of the molecule is CC1CCCC(NC(=O)c2cc(Br)ccc2O)C1. The Morgan fingerprint density at radius 3 is 2.94 bits per heavy atom. The van der Waals surface area contributed by atoms with Gasteiger partial charge in [-0.3, -0.25) is 4.79 Å². The van der Waals surface area contributed by atoms with Gasteiger partial charge in [-0.25, -0.2) is 0 Å². The van der Waals surface area contributed by atoms with E-state index < -0.39 is 0 Å². The first kappa shape index (κ1) is 13.4. The van der Waals surface area contributed by atoms with Crippen LogP contribution in [0.15, 0.2) is 22.7 Å². The van der Waals surface area contributed by atoms with Crippen LogP contribution in [0.1, 0.15) is 43.0 Å². The van der Waals surface area contributed by atoms with Crippen molar-refractivity contribution in [3.05, 3.63) is 28.2 Å². The zero-order valence-electron chi connectivity index (χ0n) is 10.4. The molecule has 0 saturated heterocycles. The molecule has 1 aliphatic carbocycles. The lowest BCUT2D eigenvalue weighted by Gasteiger charge is -2.27. The summed E-state index contributed by atoms with van der Waals surface area (Å²) in [7, 11) is 0. The molecule has 1 aliphatic rings. The first-order valence-electron chi connectivity index (χ1n) is 6.35. The molecule has 1 saturated carbocycles. The Balaban J connectivity index is 2.05. The van der Waals surface area contributed by atoms with E-state index in [-0.39, 0.29) is 17.7 Å². The molecule has 2 N–H and O–H groups in total. The molecule has 2 unspecified atom stereocenters. The second kappa shape index (κ2) is 5.74. The lowest BCUT2D eigenvalue weighted by Crippen LogP contribution is -2.38. The number of carbonyl (C=O) groups excluding carboxylic acids is 1. The first-order chi connectivity index (χ1) is 8.56. The summed E-state index contributed by atoms with van der Waals surface area (Å²) in [6.07, 6.45) is 4.47. The van der Waals surface area contributed by atoms with Crippen molar-refractivity contribution in [2.75, 3.05) is 0 Å². The van der Waals surface area contributed by atoms with Gasteiger partial charge in [-0.1, -0.05) is 35.7 Å². The monoisotopic (exact) mass is 311 g/mol. The molecule has 0 spiro atoms. The van der Waals surface area contributed by atoms with Crippen LogP contribution < -0.4 is 5.32 Å². The molecular formula is C14H18BrNO2. The van der Waals surface area contributed by atoms with E-state index in [0.717, 1.165) is 23.7 Å². The van der Waals surface area contributed by atoms with Crippen LogP contribution in [0.2, 0.25) is 0 Å². The van der Waals surface area contributed by atoms with Crippen molar-refractivity contribution in [1.29, 1.82) is 0 Å². The van der Waals surface area contributed by atoms with Gasteiger partial charge in [-0.05, 0) is 37.0 Å². The molecule has 98 valence electrons. The molecule has 18 heavy (non-hydrogen) atoms. The van der Waals surface area contributed by atoms with Crippen LogP contribution in [0.25, 0.3) is 0 Å². The smallest absolute Gasteiger partial charge is 0.255 e. The fourth-order valence-corrected chi connectivity index (χ4v) is 2.88. The van der Waals surface area contributed by atoms with E-state index in [1.165, 1.54) is 12.5 Å². The number of carbonyl (C=O) groups is 1. The number of hydrogen-bond acceptors (Lipinski definition) is 2. The predicted octanol–water partition coefficient (Wildman–Crippen LogP) is 3.46. The van der Waals surface area contributed by atoms with Crippen molar-refractivity contribution >= 4 is 21.8 Å². The molecule has 2 rings (SSSR count). The van der Waals surface area contributed by atoms with Crippen molar-refractivity contribution in [1.82, 2.24) is 5.32 Å². The van der Waals surface area contributed by atoms with E-state index in [9.17, 15) is 9.90 Å². The third-order valence-corrected chi connectivity index (χ3v) is 3.97.